The summed E-state index contributed by atoms with van der Waals surface area (Å²) >= 11 is 0. The van der Waals surface area contributed by atoms with Crippen LogP contribution in [0, 0.1) is 5.92 Å². The zero-order valence-corrected chi connectivity index (χ0v) is 7.04. The molecule has 0 saturated carbocycles. The first-order valence-corrected chi connectivity index (χ1v) is 4.11. The van der Waals surface area contributed by atoms with E-state index in [1.165, 1.54) is 12.8 Å². The van der Waals surface area contributed by atoms with Crippen LogP contribution in [-0.2, 0) is 4.74 Å². The molecule has 0 aromatic carbocycles. The number of carbonyl (C=O) groups is 1. The van der Waals surface area contributed by atoms with Crippen molar-refractivity contribution in [1.82, 2.24) is 10.2 Å². The maximum Gasteiger partial charge on any atom is 0.413 e. The summed E-state index contributed by atoms with van der Waals surface area (Å²) in [5.74, 6) is 0.518. The average Bonchev–Trinajstić information content (AvgIpc) is 2.60. The lowest BCUT2D eigenvalue weighted by molar-refractivity contribution is 0.140. The molecule has 4 heteroatoms. The molecule has 2 aliphatic rings. The number of carbonyl (C=O) groups excluding carboxylic acids is 1. The van der Waals surface area contributed by atoms with Gasteiger partial charge in [0.2, 0.25) is 0 Å². The number of methoxy groups -OCH3 is 1. The predicted molar refractivity (Wildman–Crippen MR) is 43.3 cm³/mol. The molecule has 2 heterocycles. The molecule has 1 fully saturated rings. The molecule has 0 aliphatic carbocycles. The topological polar surface area (TPSA) is 41.6 Å². The second-order valence-electron chi connectivity index (χ2n) is 3.12. The Bertz CT molecular complexity index is 237. The molecule has 0 aromatic rings. The van der Waals surface area contributed by atoms with Crippen LogP contribution in [0.4, 0.5) is 4.79 Å². The Balaban J connectivity index is 2.06. The van der Waals surface area contributed by atoms with Crippen molar-refractivity contribution in [3.8, 4) is 0 Å². The van der Waals surface area contributed by atoms with E-state index < -0.39 is 0 Å². The summed E-state index contributed by atoms with van der Waals surface area (Å²) in [6.45, 7) is 1.81. The largest absolute Gasteiger partial charge is 0.452 e. The van der Waals surface area contributed by atoms with E-state index in [9.17, 15) is 4.79 Å². The van der Waals surface area contributed by atoms with E-state index in [1.54, 1.807) is 4.90 Å². The molecule has 0 bridgehead atoms. The second-order valence-corrected chi connectivity index (χ2v) is 3.12. The van der Waals surface area contributed by atoms with Crippen molar-refractivity contribution in [1.29, 1.82) is 0 Å². The van der Waals surface area contributed by atoms with Gasteiger partial charge in [-0.15, -0.1) is 0 Å². The molecule has 1 N–H and O–H groups in total. The highest BCUT2D eigenvalue weighted by Crippen LogP contribution is 2.26. The van der Waals surface area contributed by atoms with Crippen molar-refractivity contribution in [3.05, 3.63) is 11.9 Å². The minimum atomic E-state index is -0.265. The fraction of sp³-hybridized carbons (Fsp3) is 0.625. The van der Waals surface area contributed by atoms with Crippen LogP contribution in [0.25, 0.3) is 0 Å². The summed E-state index contributed by atoms with van der Waals surface area (Å²) in [7, 11) is 1.41. The Morgan fingerprint density at radius 2 is 2.67 bits per heavy atom. The van der Waals surface area contributed by atoms with Gasteiger partial charge in [-0.3, -0.25) is 4.90 Å². The van der Waals surface area contributed by atoms with Gasteiger partial charge in [0.15, 0.2) is 0 Å². The van der Waals surface area contributed by atoms with Crippen LogP contribution < -0.4 is 5.32 Å². The lowest BCUT2D eigenvalue weighted by Crippen LogP contribution is -2.25. The first kappa shape index (κ1) is 7.46. The first-order chi connectivity index (χ1) is 5.81. The van der Waals surface area contributed by atoms with Crippen molar-refractivity contribution >= 4 is 6.09 Å². The summed E-state index contributed by atoms with van der Waals surface area (Å²) < 4.78 is 4.61. The summed E-state index contributed by atoms with van der Waals surface area (Å²) in [6.07, 6.45) is 2.71. The molecule has 0 radical (unpaired) electrons. The van der Waals surface area contributed by atoms with Gasteiger partial charge in [0, 0.05) is 30.9 Å². The van der Waals surface area contributed by atoms with Crippen LogP contribution in [0.5, 0.6) is 0 Å². The molecular formula is C8H12N2O2. The molecule has 12 heavy (non-hydrogen) atoms. The SMILES string of the molecule is COC(=O)N1C=C2NCCC2C1. The molecule has 4 nitrogen and oxygen atoms in total. The van der Waals surface area contributed by atoms with Crippen LogP contribution in [-0.4, -0.2) is 31.2 Å². The number of ether oxygens (including phenoxy) is 1. The number of hydrogen-bond acceptors (Lipinski definition) is 3. The number of hydrogen-bond donors (Lipinski definition) is 1. The monoisotopic (exact) mass is 168 g/mol. The number of nitrogens with one attached hydrogen (secondary N) is 1. The zero-order valence-electron chi connectivity index (χ0n) is 7.04. The highest BCUT2D eigenvalue weighted by Gasteiger charge is 2.31. The summed E-state index contributed by atoms with van der Waals surface area (Å²) in [5.41, 5.74) is 1.18. The van der Waals surface area contributed by atoms with Crippen molar-refractivity contribution in [2.24, 2.45) is 5.92 Å². The van der Waals surface area contributed by atoms with Gasteiger partial charge in [-0.1, -0.05) is 0 Å². The van der Waals surface area contributed by atoms with Gasteiger partial charge in [-0.2, -0.15) is 0 Å². The predicted octanol–water partition coefficient (Wildman–Crippen LogP) is 0.519. The van der Waals surface area contributed by atoms with Crippen LogP contribution in [0.2, 0.25) is 0 Å². The molecule has 1 atom stereocenters. The Kier molecular flexibility index (Phi) is 1.67. The molecule has 1 saturated heterocycles. The molecule has 1 unspecified atom stereocenters. The van der Waals surface area contributed by atoms with Crippen molar-refractivity contribution in [3.63, 3.8) is 0 Å². The summed E-state index contributed by atoms with van der Waals surface area (Å²) in [5, 5.41) is 3.24. The lowest BCUT2D eigenvalue weighted by Gasteiger charge is -2.12. The van der Waals surface area contributed by atoms with Gasteiger partial charge in [0.1, 0.15) is 0 Å². The first-order valence-electron chi connectivity index (χ1n) is 4.11. The Morgan fingerprint density at radius 1 is 1.83 bits per heavy atom. The fourth-order valence-corrected chi connectivity index (χ4v) is 1.73. The van der Waals surface area contributed by atoms with Gasteiger partial charge in [-0.05, 0) is 6.42 Å². The fourth-order valence-electron chi connectivity index (χ4n) is 1.73. The van der Waals surface area contributed by atoms with Crippen LogP contribution >= 0.6 is 0 Å². The molecule has 0 spiro atoms. The lowest BCUT2D eigenvalue weighted by atomic mass is 10.1. The van der Waals surface area contributed by atoms with Gasteiger partial charge in [-0.25, -0.2) is 4.79 Å². The maximum absolute atomic E-state index is 11.1. The molecule has 2 aliphatic heterocycles. The number of rotatable bonds is 0. The Hall–Kier alpha value is -1.19. The van der Waals surface area contributed by atoms with Crippen LogP contribution in [0.15, 0.2) is 11.9 Å². The third kappa shape index (κ3) is 1.03. The average molecular weight is 168 g/mol. The smallest absolute Gasteiger partial charge is 0.413 e. The molecule has 1 amide bonds. The Labute approximate surface area is 71.2 Å². The van der Waals surface area contributed by atoms with E-state index in [0.717, 1.165) is 19.5 Å². The summed E-state index contributed by atoms with van der Waals surface area (Å²) in [6, 6.07) is 0. The normalized spacial score (nSPS) is 26.2. The highest BCUT2D eigenvalue weighted by molar-refractivity contribution is 5.69. The standard InChI is InChI=1S/C8H12N2O2/c1-12-8(11)10-4-6-2-3-9-7(6)5-10/h5-6,9H,2-4H2,1H3. The second kappa shape index (κ2) is 2.69. The molecule has 0 aromatic heterocycles. The third-order valence-corrected chi connectivity index (χ3v) is 2.38. The quantitative estimate of drug-likeness (QED) is 0.573. The van der Waals surface area contributed by atoms with E-state index in [0.29, 0.717) is 5.92 Å². The van der Waals surface area contributed by atoms with Gasteiger partial charge < -0.3 is 10.1 Å². The molecule has 66 valence electrons. The Morgan fingerprint density at radius 3 is 3.33 bits per heavy atom. The summed E-state index contributed by atoms with van der Waals surface area (Å²) in [4.78, 5) is 12.7. The van der Waals surface area contributed by atoms with Gasteiger partial charge in [0.05, 0.1) is 7.11 Å². The minimum Gasteiger partial charge on any atom is -0.452 e. The van der Waals surface area contributed by atoms with Crippen molar-refractivity contribution in [2.75, 3.05) is 20.2 Å². The third-order valence-electron chi connectivity index (χ3n) is 2.38. The number of nitrogens with zero attached hydrogens (tertiary/aromatic N) is 1. The number of amides is 1. The van der Waals surface area contributed by atoms with E-state index in [1.807, 2.05) is 6.20 Å². The van der Waals surface area contributed by atoms with E-state index in [-0.39, 0.29) is 6.09 Å². The van der Waals surface area contributed by atoms with Crippen molar-refractivity contribution < 1.29 is 9.53 Å². The minimum absolute atomic E-state index is 0.265. The maximum atomic E-state index is 11.1. The zero-order chi connectivity index (χ0) is 8.55. The van der Waals surface area contributed by atoms with Crippen LogP contribution in [0.1, 0.15) is 6.42 Å². The van der Waals surface area contributed by atoms with E-state index in [4.69, 9.17) is 0 Å². The van der Waals surface area contributed by atoms with E-state index >= 15 is 0 Å². The number of fused-ring (bicyclic) bond motifs is 1. The van der Waals surface area contributed by atoms with E-state index in [2.05, 4.69) is 10.1 Å². The van der Waals surface area contributed by atoms with Gasteiger partial charge >= 0.3 is 6.09 Å². The van der Waals surface area contributed by atoms with Crippen LogP contribution in [0.3, 0.4) is 0 Å². The van der Waals surface area contributed by atoms with Crippen molar-refractivity contribution in [2.45, 2.75) is 6.42 Å². The molecule has 2 rings (SSSR count). The highest BCUT2D eigenvalue weighted by atomic mass is 16.5. The molecular weight excluding hydrogens is 156 g/mol. The van der Waals surface area contributed by atoms with Gasteiger partial charge in [0.25, 0.3) is 0 Å².